The number of halogens is 1. The largest absolute Gasteiger partial charge is 0.411 e. The van der Waals surface area contributed by atoms with Crippen molar-refractivity contribution in [1.29, 1.82) is 0 Å². The number of anilines is 1. The summed E-state index contributed by atoms with van der Waals surface area (Å²) in [5.41, 5.74) is 3.74. The molecule has 0 aliphatic carbocycles. The average molecular weight is 422 g/mol. The molecule has 0 spiro atoms. The van der Waals surface area contributed by atoms with Gasteiger partial charge in [0.15, 0.2) is 0 Å². The number of carbonyl (C=O) groups excluding carboxylic acids is 1. The average Bonchev–Trinajstić information content (AvgIpc) is 3.23. The first-order valence-electron chi connectivity index (χ1n) is 8.85. The van der Waals surface area contributed by atoms with Gasteiger partial charge in [0.25, 0.3) is 5.22 Å². The van der Waals surface area contributed by atoms with Crippen LogP contribution in [0.5, 0.6) is 0 Å². The van der Waals surface area contributed by atoms with E-state index in [9.17, 15) is 4.79 Å². The second-order valence-electron chi connectivity index (χ2n) is 6.16. The second kappa shape index (κ2) is 8.94. The zero-order valence-electron chi connectivity index (χ0n) is 15.2. The van der Waals surface area contributed by atoms with Gasteiger partial charge in [-0.3, -0.25) is 4.79 Å². The van der Waals surface area contributed by atoms with Gasteiger partial charge in [-0.25, -0.2) is 0 Å². The predicted octanol–water partition coefficient (Wildman–Crippen LogP) is 5.79. The van der Waals surface area contributed by atoms with Crippen LogP contribution in [0, 0.1) is 0 Å². The molecule has 7 heteroatoms. The summed E-state index contributed by atoms with van der Waals surface area (Å²) < 4.78 is 5.59. The number of hydrogen-bond acceptors (Lipinski definition) is 5. The molecule has 1 aromatic heterocycles. The zero-order valence-corrected chi connectivity index (χ0v) is 16.8. The van der Waals surface area contributed by atoms with Crippen molar-refractivity contribution in [3.05, 3.63) is 83.9 Å². The highest BCUT2D eigenvalue weighted by atomic mass is 35.5. The van der Waals surface area contributed by atoms with Crippen LogP contribution in [0.1, 0.15) is 0 Å². The molecule has 0 fully saturated rings. The van der Waals surface area contributed by atoms with Gasteiger partial charge in [-0.1, -0.05) is 65.8 Å². The lowest BCUT2D eigenvalue weighted by Crippen LogP contribution is -2.13. The molecule has 0 bridgehead atoms. The Bertz CT molecular complexity index is 1100. The highest BCUT2D eigenvalue weighted by Gasteiger charge is 2.11. The maximum absolute atomic E-state index is 12.2. The van der Waals surface area contributed by atoms with Crippen LogP contribution >= 0.6 is 23.4 Å². The van der Waals surface area contributed by atoms with Gasteiger partial charge in [-0.05, 0) is 47.5 Å². The maximum atomic E-state index is 12.2. The molecule has 0 atom stereocenters. The Labute approximate surface area is 177 Å². The third kappa shape index (κ3) is 5.04. The van der Waals surface area contributed by atoms with E-state index < -0.39 is 0 Å². The normalized spacial score (nSPS) is 10.7. The number of amides is 1. The molecule has 1 amide bonds. The fourth-order valence-electron chi connectivity index (χ4n) is 2.68. The lowest BCUT2D eigenvalue weighted by atomic mass is 10.1. The monoisotopic (exact) mass is 421 g/mol. The summed E-state index contributed by atoms with van der Waals surface area (Å²) >= 11 is 7.07. The number of thioether (sulfide) groups is 1. The molecule has 3 aromatic carbocycles. The number of nitrogens with one attached hydrogen (secondary N) is 1. The van der Waals surface area contributed by atoms with Crippen molar-refractivity contribution in [3.63, 3.8) is 0 Å². The van der Waals surface area contributed by atoms with Gasteiger partial charge in [0.2, 0.25) is 11.8 Å². The molecule has 4 aromatic rings. The Hall–Kier alpha value is -3.09. The van der Waals surface area contributed by atoms with E-state index in [1.54, 1.807) is 24.3 Å². The minimum Gasteiger partial charge on any atom is -0.411 e. The van der Waals surface area contributed by atoms with Crippen LogP contribution in [0.25, 0.3) is 22.6 Å². The summed E-state index contributed by atoms with van der Waals surface area (Å²) in [5, 5.41) is 11.8. The third-order valence-corrected chi connectivity index (χ3v) is 5.17. The third-order valence-electron chi connectivity index (χ3n) is 4.10. The van der Waals surface area contributed by atoms with Crippen LogP contribution in [-0.4, -0.2) is 21.9 Å². The summed E-state index contributed by atoms with van der Waals surface area (Å²) in [5.74, 6) is 0.414. The van der Waals surface area contributed by atoms with Crippen LogP contribution < -0.4 is 5.32 Å². The Kier molecular flexibility index (Phi) is 5.93. The van der Waals surface area contributed by atoms with Crippen LogP contribution in [-0.2, 0) is 4.79 Å². The van der Waals surface area contributed by atoms with E-state index in [4.69, 9.17) is 16.0 Å². The number of aromatic nitrogens is 2. The lowest BCUT2D eigenvalue weighted by molar-refractivity contribution is -0.113. The van der Waals surface area contributed by atoms with Gasteiger partial charge < -0.3 is 9.73 Å². The van der Waals surface area contributed by atoms with Crippen molar-refractivity contribution in [2.45, 2.75) is 5.22 Å². The molecule has 144 valence electrons. The second-order valence-corrected chi connectivity index (χ2v) is 7.52. The number of rotatable bonds is 6. The highest BCUT2D eigenvalue weighted by molar-refractivity contribution is 7.99. The number of carbonyl (C=O) groups is 1. The Morgan fingerprint density at radius 1 is 0.862 bits per heavy atom. The van der Waals surface area contributed by atoms with Crippen molar-refractivity contribution < 1.29 is 9.21 Å². The van der Waals surface area contributed by atoms with Crippen LogP contribution in [0.3, 0.4) is 0 Å². The van der Waals surface area contributed by atoms with E-state index in [1.807, 2.05) is 54.6 Å². The first-order valence-corrected chi connectivity index (χ1v) is 10.2. The van der Waals surface area contributed by atoms with Gasteiger partial charge in [0, 0.05) is 16.3 Å². The minimum atomic E-state index is -0.145. The van der Waals surface area contributed by atoms with Crippen LogP contribution in [0.2, 0.25) is 5.02 Å². The fourth-order valence-corrected chi connectivity index (χ4v) is 3.37. The molecule has 5 nitrogen and oxygen atoms in total. The molecule has 0 unspecified atom stereocenters. The first kappa shape index (κ1) is 19.2. The van der Waals surface area contributed by atoms with Crippen molar-refractivity contribution >= 4 is 35.0 Å². The molecule has 0 saturated heterocycles. The number of benzene rings is 3. The van der Waals surface area contributed by atoms with E-state index in [0.717, 1.165) is 22.4 Å². The van der Waals surface area contributed by atoms with E-state index in [0.29, 0.717) is 16.1 Å². The molecule has 0 aliphatic heterocycles. The van der Waals surface area contributed by atoms with Crippen LogP contribution in [0.4, 0.5) is 5.69 Å². The number of hydrogen-bond donors (Lipinski definition) is 1. The topological polar surface area (TPSA) is 68.0 Å². The summed E-state index contributed by atoms with van der Waals surface area (Å²) in [6, 6.07) is 24.9. The fraction of sp³-hybridized carbons (Fsp3) is 0.0455. The molecule has 0 saturated carbocycles. The van der Waals surface area contributed by atoms with E-state index >= 15 is 0 Å². The standard InChI is InChI=1S/C22H16ClN3O2S/c23-18-10-6-17(7-11-18)21-25-26-22(28-21)29-14-20(27)24-19-12-8-16(9-13-19)15-4-2-1-3-5-15/h1-13H,14H2,(H,24,27). The Morgan fingerprint density at radius 2 is 1.52 bits per heavy atom. The van der Waals surface area contributed by atoms with Crippen molar-refractivity contribution in [2.24, 2.45) is 0 Å². The van der Waals surface area contributed by atoms with Gasteiger partial charge >= 0.3 is 0 Å². The van der Waals surface area contributed by atoms with Gasteiger partial charge in [0.05, 0.1) is 5.75 Å². The van der Waals surface area contributed by atoms with Crippen LogP contribution in [0.15, 0.2) is 88.5 Å². The molecule has 0 radical (unpaired) electrons. The van der Waals surface area contributed by atoms with Crippen molar-refractivity contribution in [1.82, 2.24) is 10.2 Å². The molecular weight excluding hydrogens is 406 g/mol. The van der Waals surface area contributed by atoms with Crippen molar-refractivity contribution in [2.75, 3.05) is 11.1 Å². The van der Waals surface area contributed by atoms with Crippen molar-refractivity contribution in [3.8, 4) is 22.6 Å². The predicted molar refractivity (Wildman–Crippen MR) is 116 cm³/mol. The van der Waals surface area contributed by atoms with Gasteiger partial charge in [0.1, 0.15) is 0 Å². The molecule has 0 aliphatic rings. The number of nitrogens with zero attached hydrogens (tertiary/aromatic N) is 2. The SMILES string of the molecule is O=C(CSc1nnc(-c2ccc(Cl)cc2)o1)Nc1ccc(-c2ccccc2)cc1. The van der Waals surface area contributed by atoms with E-state index in [-0.39, 0.29) is 11.7 Å². The minimum absolute atomic E-state index is 0.145. The Morgan fingerprint density at radius 3 is 2.24 bits per heavy atom. The maximum Gasteiger partial charge on any atom is 0.277 e. The molecule has 4 rings (SSSR count). The lowest BCUT2D eigenvalue weighted by Gasteiger charge is -2.06. The summed E-state index contributed by atoms with van der Waals surface area (Å²) in [7, 11) is 0. The molecular formula is C22H16ClN3O2S. The van der Waals surface area contributed by atoms with Gasteiger partial charge in [-0.2, -0.15) is 0 Å². The molecule has 1 N–H and O–H groups in total. The summed E-state index contributed by atoms with van der Waals surface area (Å²) in [6.07, 6.45) is 0. The van der Waals surface area contributed by atoms with E-state index in [2.05, 4.69) is 15.5 Å². The highest BCUT2D eigenvalue weighted by Crippen LogP contribution is 2.25. The van der Waals surface area contributed by atoms with E-state index in [1.165, 1.54) is 11.8 Å². The zero-order chi connectivity index (χ0) is 20.1. The Balaban J connectivity index is 1.32. The summed E-state index contributed by atoms with van der Waals surface area (Å²) in [4.78, 5) is 12.2. The summed E-state index contributed by atoms with van der Waals surface area (Å²) in [6.45, 7) is 0. The quantitative estimate of drug-likeness (QED) is 0.399. The first-order chi connectivity index (χ1) is 14.2. The molecule has 1 heterocycles. The smallest absolute Gasteiger partial charge is 0.277 e. The van der Waals surface area contributed by atoms with Gasteiger partial charge in [-0.15, -0.1) is 10.2 Å². The molecule has 29 heavy (non-hydrogen) atoms.